The molecule has 0 atom stereocenters. The van der Waals surface area contributed by atoms with Crippen molar-refractivity contribution in [3.63, 3.8) is 0 Å². The SMILES string of the molecule is CN(C)C1(Cc2ccc(Cl)cc2)CCC(N)CC1. The molecule has 1 aliphatic carbocycles. The standard InChI is InChI=1S/C15H23ClN2/c1-18(2)15(9-7-14(17)8-10-15)11-12-3-5-13(16)6-4-12/h3-6,14H,7-11,17H2,1-2H3. The van der Waals surface area contributed by atoms with Gasteiger partial charge in [0.25, 0.3) is 0 Å². The maximum Gasteiger partial charge on any atom is 0.0406 e. The lowest BCUT2D eigenvalue weighted by atomic mass is 9.75. The van der Waals surface area contributed by atoms with Gasteiger partial charge >= 0.3 is 0 Å². The first kappa shape index (κ1) is 13.9. The predicted molar refractivity (Wildman–Crippen MR) is 78.0 cm³/mol. The molecule has 1 fully saturated rings. The minimum absolute atomic E-state index is 0.268. The Morgan fingerprint density at radius 2 is 1.78 bits per heavy atom. The topological polar surface area (TPSA) is 29.3 Å². The maximum atomic E-state index is 6.03. The van der Waals surface area contributed by atoms with Gasteiger partial charge in [-0.2, -0.15) is 0 Å². The van der Waals surface area contributed by atoms with Crippen LogP contribution in [0.3, 0.4) is 0 Å². The van der Waals surface area contributed by atoms with Crippen molar-refractivity contribution in [3.8, 4) is 0 Å². The lowest BCUT2D eigenvalue weighted by molar-refractivity contribution is 0.0934. The molecule has 1 aromatic rings. The number of hydrogen-bond acceptors (Lipinski definition) is 2. The minimum Gasteiger partial charge on any atom is -0.328 e. The summed E-state index contributed by atoms with van der Waals surface area (Å²) >= 11 is 5.94. The molecule has 0 heterocycles. The fourth-order valence-corrected chi connectivity index (χ4v) is 3.07. The average Bonchev–Trinajstić information content (AvgIpc) is 2.35. The first-order chi connectivity index (χ1) is 8.52. The molecule has 0 radical (unpaired) electrons. The van der Waals surface area contributed by atoms with Gasteiger partial charge in [0, 0.05) is 16.6 Å². The zero-order valence-electron chi connectivity index (χ0n) is 11.3. The smallest absolute Gasteiger partial charge is 0.0406 e. The monoisotopic (exact) mass is 266 g/mol. The van der Waals surface area contributed by atoms with Gasteiger partial charge in [-0.15, -0.1) is 0 Å². The summed E-state index contributed by atoms with van der Waals surface area (Å²) in [7, 11) is 4.37. The van der Waals surface area contributed by atoms with E-state index in [0.717, 1.165) is 24.3 Å². The second-order valence-corrected chi connectivity index (χ2v) is 6.20. The van der Waals surface area contributed by atoms with E-state index in [1.807, 2.05) is 12.1 Å². The van der Waals surface area contributed by atoms with Gasteiger partial charge in [-0.25, -0.2) is 0 Å². The number of rotatable bonds is 3. The lowest BCUT2D eigenvalue weighted by Crippen LogP contribution is -2.50. The summed E-state index contributed by atoms with van der Waals surface area (Å²) in [5, 5.41) is 0.809. The Morgan fingerprint density at radius 1 is 1.22 bits per heavy atom. The van der Waals surface area contributed by atoms with E-state index in [2.05, 4.69) is 31.1 Å². The van der Waals surface area contributed by atoms with E-state index in [-0.39, 0.29) is 5.54 Å². The quantitative estimate of drug-likeness (QED) is 0.911. The summed E-state index contributed by atoms with van der Waals surface area (Å²) in [5.41, 5.74) is 7.67. The van der Waals surface area contributed by atoms with Gasteiger partial charge in [-0.3, -0.25) is 0 Å². The van der Waals surface area contributed by atoms with Crippen LogP contribution in [0.25, 0.3) is 0 Å². The first-order valence-electron chi connectivity index (χ1n) is 6.69. The highest BCUT2D eigenvalue weighted by Crippen LogP contribution is 2.35. The molecule has 0 saturated heterocycles. The summed E-state index contributed by atoms with van der Waals surface area (Å²) in [6.07, 6.45) is 5.72. The largest absolute Gasteiger partial charge is 0.328 e. The summed E-state index contributed by atoms with van der Waals surface area (Å²) in [5.74, 6) is 0. The Bertz CT molecular complexity index is 378. The zero-order valence-corrected chi connectivity index (χ0v) is 12.1. The molecule has 0 amide bonds. The highest BCUT2D eigenvalue weighted by atomic mass is 35.5. The highest BCUT2D eigenvalue weighted by Gasteiger charge is 2.36. The molecule has 2 nitrogen and oxygen atoms in total. The van der Waals surface area contributed by atoms with E-state index >= 15 is 0 Å². The molecule has 0 spiro atoms. The van der Waals surface area contributed by atoms with E-state index in [0.29, 0.717) is 6.04 Å². The van der Waals surface area contributed by atoms with E-state index in [1.165, 1.54) is 18.4 Å². The van der Waals surface area contributed by atoms with Crippen LogP contribution in [0, 0.1) is 0 Å². The molecule has 0 unspecified atom stereocenters. The molecular weight excluding hydrogens is 244 g/mol. The van der Waals surface area contributed by atoms with Crippen molar-refractivity contribution in [1.82, 2.24) is 4.90 Å². The Labute approximate surface area is 115 Å². The van der Waals surface area contributed by atoms with Crippen molar-refractivity contribution in [1.29, 1.82) is 0 Å². The fraction of sp³-hybridized carbons (Fsp3) is 0.600. The molecule has 1 aliphatic rings. The third-order valence-corrected chi connectivity index (χ3v) is 4.61. The number of likely N-dealkylation sites (N-methyl/N-ethyl adjacent to an activating group) is 1. The minimum atomic E-state index is 0.268. The molecule has 1 aromatic carbocycles. The van der Waals surface area contributed by atoms with E-state index < -0.39 is 0 Å². The van der Waals surface area contributed by atoms with Crippen LogP contribution in [-0.4, -0.2) is 30.6 Å². The van der Waals surface area contributed by atoms with Gasteiger partial charge in [0.2, 0.25) is 0 Å². The molecule has 1 saturated carbocycles. The van der Waals surface area contributed by atoms with Gasteiger partial charge < -0.3 is 10.6 Å². The van der Waals surface area contributed by atoms with Crippen molar-refractivity contribution >= 4 is 11.6 Å². The van der Waals surface area contributed by atoms with Crippen LogP contribution in [0.2, 0.25) is 5.02 Å². The third-order valence-electron chi connectivity index (χ3n) is 4.36. The van der Waals surface area contributed by atoms with Gasteiger partial charge in [0.1, 0.15) is 0 Å². The third kappa shape index (κ3) is 3.05. The summed E-state index contributed by atoms with van der Waals surface area (Å²) in [4.78, 5) is 2.38. The number of nitrogens with two attached hydrogens (primary N) is 1. The summed E-state index contributed by atoms with van der Waals surface area (Å²) in [6.45, 7) is 0. The van der Waals surface area contributed by atoms with Crippen molar-refractivity contribution in [3.05, 3.63) is 34.9 Å². The molecule has 100 valence electrons. The first-order valence-corrected chi connectivity index (χ1v) is 7.07. The van der Waals surface area contributed by atoms with Crippen LogP contribution in [0.5, 0.6) is 0 Å². The Morgan fingerprint density at radius 3 is 2.28 bits per heavy atom. The van der Waals surface area contributed by atoms with Gasteiger partial charge in [-0.05, 0) is 63.9 Å². The van der Waals surface area contributed by atoms with Crippen molar-refractivity contribution in [2.75, 3.05) is 14.1 Å². The van der Waals surface area contributed by atoms with E-state index in [1.54, 1.807) is 0 Å². The van der Waals surface area contributed by atoms with E-state index in [4.69, 9.17) is 17.3 Å². The molecule has 0 aliphatic heterocycles. The lowest BCUT2D eigenvalue weighted by Gasteiger charge is -2.45. The highest BCUT2D eigenvalue weighted by molar-refractivity contribution is 6.30. The van der Waals surface area contributed by atoms with Crippen LogP contribution < -0.4 is 5.73 Å². The maximum absolute atomic E-state index is 6.03. The van der Waals surface area contributed by atoms with Gasteiger partial charge in [0.15, 0.2) is 0 Å². The van der Waals surface area contributed by atoms with Crippen LogP contribution in [0.4, 0.5) is 0 Å². The number of hydrogen-bond donors (Lipinski definition) is 1. The van der Waals surface area contributed by atoms with Crippen LogP contribution in [0.15, 0.2) is 24.3 Å². The number of benzene rings is 1. The summed E-state index contributed by atoms with van der Waals surface area (Å²) < 4.78 is 0. The van der Waals surface area contributed by atoms with Gasteiger partial charge in [0.05, 0.1) is 0 Å². The van der Waals surface area contributed by atoms with Crippen LogP contribution in [0.1, 0.15) is 31.2 Å². The zero-order chi connectivity index (χ0) is 13.2. The second-order valence-electron chi connectivity index (χ2n) is 5.76. The predicted octanol–water partition coefficient (Wildman–Crippen LogP) is 3.08. The van der Waals surface area contributed by atoms with E-state index in [9.17, 15) is 0 Å². The molecule has 2 N–H and O–H groups in total. The molecule has 0 aromatic heterocycles. The van der Waals surface area contributed by atoms with Crippen molar-refractivity contribution in [2.24, 2.45) is 5.73 Å². The average molecular weight is 267 g/mol. The summed E-state index contributed by atoms with van der Waals surface area (Å²) in [6, 6.07) is 8.64. The molecule has 18 heavy (non-hydrogen) atoms. The molecular formula is C15H23ClN2. The fourth-order valence-electron chi connectivity index (χ4n) is 2.94. The second kappa shape index (κ2) is 5.60. The molecule has 2 rings (SSSR count). The number of halogens is 1. The Kier molecular flexibility index (Phi) is 4.31. The normalized spacial score (nSPS) is 28.6. The number of nitrogens with zero attached hydrogens (tertiary/aromatic N) is 1. The molecule has 0 bridgehead atoms. The Hall–Kier alpha value is -0.570. The van der Waals surface area contributed by atoms with Crippen LogP contribution >= 0.6 is 11.6 Å². The van der Waals surface area contributed by atoms with Gasteiger partial charge in [-0.1, -0.05) is 23.7 Å². The molecule has 3 heteroatoms. The van der Waals surface area contributed by atoms with Crippen molar-refractivity contribution in [2.45, 2.75) is 43.7 Å². The van der Waals surface area contributed by atoms with Crippen molar-refractivity contribution < 1.29 is 0 Å². The Balaban J connectivity index is 2.13. The van der Waals surface area contributed by atoms with Crippen LogP contribution in [-0.2, 0) is 6.42 Å².